The zero-order valence-electron chi connectivity index (χ0n) is 20.0. The SMILES string of the molecule is CCC1=C(Cl)c2c(nc(Sc3cnc4nccnc4c3)nc2N2CC(Oc3ccc(C(F)(F)F)cc3)C2)C1. The molecule has 0 saturated carbocycles. The van der Waals surface area contributed by atoms with Gasteiger partial charge in [-0.05, 0) is 54.1 Å². The molecule has 7 nitrogen and oxygen atoms in total. The molecule has 0 amide bonds. The highest BCUT2D eigenvalue weighted by Gasteiger charge is 2.36. The summed E-state index contributed by atoms with van der Waals surface area (Å²) in [7, 11) is 0. The van der Waals surface area contributed by atoms with E-state index in [4.69, 9.17) is 26.3 Å². The maximum Gasteiger partial charge on any atom is 0.416 e. The molecule has 2 aliphatic rings. The predicted octanol–water partition coefficient (Wildman–Crippen LogP) is 6.17. The van der Waals surface area contributed by atoms with Gasteiger partial charge in [0.15, 0.2) is 10.8 Å². The summed E-state index contributed by atoms with van der Waals surface area (Å²) >= 11 is 8.14. The third-order valence-electron chi connectivity index (χ3n) is 6.42. The minimum absolute atomic E-state index is 0.188. The number of benzene rings is 1. The van der Waals surface area contributed by atoms with E-state index in [-0.39, 0.29) is 6.10 Å². The number of ether oxygens (including phenoxy) is 1. The summed E-state index contributed by atoms with van der Waals surface area (Å²) in [5.41, 5.74) is 3.37. The van der Waals surface area contributed by atoms with Gasteiger partial charge in [-0.1, -0.05) is 18.5 Å². The third kappa shape index (κ3) is 4.76. The summed E-state index contributed by atoms with van der Waals surface area (Å²) in [6.45, 7) is 3.10. The molecule has 0 N–H and O–H groups in total. The van der Waals surface area contributed by atoms with Gasteiger partial charge in [0, 0.05) is 29.9 Å². The highest BCUT2D eigenvalue weighted by molar-refractivity contribution is 7.99. The van der Waals surface area contributed by atoms with Gasteiger partial charge >= 0.3 is 6.18 Å². The minimum Gasteiger partial charge on any atom is -0.487 e. The van der Waals surface area contributed by atoms with Crippen LogP contribution in [0.1, 0.15) is 30.2 Å². The molecule has 0 bridgehead atoms. The normalized spacial score (nSPS) is 15.7. The molecule has 1 aliphatic carbocycles. The molecule has 4 aromatic rings. The van der Waals surface area contributed by atoms with Crippen molar-refractivity contribution in [2.45, 2.75) is 42.1 Å². The monoisotopic (exact) mass is 556 g/mol. The molecule has 12 heteroatoms. The number of fused-ring (bicyclic) bond motifs is 2. The molecule has 3 aromatic heterocycles. The largest absolute Gasteiger partial charge is 0.487 e. The average molecular weight is 557 g/mol. The van der Waals surface area contributed by atoms with Crippen LogP contribution in [0.4, 0.5) is 19.0 Å². The van der Waals surface area contributed by atoms with Crippen molar-refractivity contribution in [2.75, 3.05) is 18.0 Å². The Morgan fingerprint density at radius 2 is 1.84 bits per heavy atom. The van der Waals surface area contributed by atoms with Gasteiger partial charge in [-0.25, -0.2) is 19.9 Å². The Morgan fingerprint density at radius 3 is 2.58 bits per heavy atom. The van der Waals surface area contributed by atoms with E-state index in [1.165, 1.54) is 23.9 Å². The van der Waals surface area contributed by atoms with Gasteiger partial charge in [-0.3, -0.25) is 4.98 Å². The van der Waals surface area contributed by atoms with Crippen molar-refractivity contribution in [3.8, 4) is 5.75 Å². The van der Waals surface area contributed by atoms with Gasteiger partial charge in [0.25, 0.3) is 0 Å². The zero-order chi connectivity index (χ0) is 26.4. The Morgan fingerprint density at radius 1 is 1.08 bits per heavy atom. The molecular formula is C26H20ClF3N6OS. The lowest BCUT2D eigenvalue weighted by atomic mass is 10.1. The lowest BCUT2D eigenvalue weighted by Crippen LogP contribution is -2.54. The zero-order valence-corrected chi connectivity index (χ0v) is 21.6. The summed E-state index contributed by atoms with van der Waals surface area (Å²) in [6, 6.07) is 6.64. The Labute approximate surface area is 225 Å². The first kappa shape index (κ1) is 24.9. The molecule has 1 aromatic carbocycles. The Kier molecular flexibility index (Phi) is 6.35. The van der Waals surface area contributed by atoms with Crippen molar-refractivity contribution in [2.24, 2.45) is 0 Å². The third-order valence-corrected chi connectivity index (χ3v) is 7.70. The van der Waals surface area contributed by atoms with Gasteiger partial charge in [0.05, 0.1) is 34.9 Å². The summed E-state index contributed by atoms with van der Waals surface area (Å²) in [4.78, 5) is 25.5. The van der Waals surface area contributed by atoms with Crippen LogP contribution in [0.5, 0.6) is 5.75 Å². The highest BCUT2D eigenvalue weighted by atomic mass is 35.5. The second-order valence-electron chi connectivity index (χ2n) is 8.94. The number of alkyl halides is 3. The van der Waals surface area contributed by atoms with Crippen LogP contribution in [-0.2, 0) is 12.6 Å². The summed E-state index contributed by atoms with van der Waals surface area (Å²) < 4.78 is 44.4. The molecule has 1 saturated heterocycles. The van der Waals surface area contributed by atoms with Gasteiger partial charge in [-0.2, -0.15) is 13.2 Å². The van der Waals surface area contributed by atoms with Crippen molar-refractivity contribution in [3.63, 3.8) is 0 Å². The number of hydrogen-bond acceptors (Lipinski definition) is 8. The maximum atomic E-state index is 12.8. The first-order valence-corrected chi connectivity index (χ1v) is 13.1. The molecule has 1 fully saturated rings. The lowest BCUT2D eigenvalue weighted by molar-refractivity contribution is -0.137. The number of allylic oxidation sites excluding steroid dienone is 1. The Balaban J connectivity index is 1.23. The number of rotatable bonds is 6. The van der Waals surface area contributed by atoms with Crippen LogP contribution in [0.25, 0.3) is 16.2 Å². The van der Waals surface area contributed by atoms with Crippen molar-refractivity contribution >= 4 is 45.4 Å². The van der Waals surface area contributed by atoms with Gasteiger partial charge in [-0.15, -0.1) is 0 Å². The second kappa shape index (κ2) is 9.70. The van der Waals surface area contributed by atoms with Crippen LogP contribution in [0.15, 0.2) is 64.5 Å². The standard InChI is InChI=1S/C26H20ClF3N6OS/c1-2-14-9-19-21(22(14)27)24(35-25(34-19)38-18-10-20-23(33-11-18)32-8-7-31-20)36-12-17(13-36)37-16-5-3-15(4-6-16)26(28,29)30/h3-8,10-11,17H,2,9,12-13H2,1H3. The molecule has 194 valence electrons. The lowest BCUT2D eigenvalue weighted by Gasteiger charge is -2.40. The van der Waals surface area contributed by atoms with E-state index in [0.29, 0.717) is 46.6 Å². The number of anilines is 1. The number of aromatic nitrogens is 5. The van der Waals surface area contributed by atoms with E-state index in [1.807, 2.05) is 6.07 Å². The summed E-state index contributed by atoms with van der Waals surface area (Å²) in [6.07, 6.45) is 1.84. The molecule has 1 aliphatic heterocycles. The Bertz CT molecular complexity index is 1560. The van der Waals surface area contributed by atoms with Crippen LogP contribution in [0.2, 0.25) is 0 Å². The highest BCUT2D eigenvalue weighted by Crippen LogP contribution is 2.43. The van der Waals surface area contributed by atoms with Crippen molar-refractivity contribution in [3.05, 3.63) is 71.3 Å². The molecule has 0 unspecified atom stereocenters. The number of hydrogen-bond donors (Lipinski definition) is 0. The predicted molar refractivity (Wildman–Crippen MR) is 138 cm³/mol. The van der Waals surface area contributed by atoms with Crippen LogP contribution < -0.4 is 9.64 Å². The quantitative estimate of drug-likeness (QED) is 0.261. The van der Waals surface area contributed by atoms with Crippen LogP contribution in [0, 0.1) is 0 Å². The van der Waals surface area contributed by atoms with Gasteiger partial charge in [0.2, 0.25) is 0 Å². The fourth-order valence-corrected chi connectivity index (χ4v) is 5.61. The van der Waals surface area contributed by atoms with Gasteiger partial charge in [0.1, 0.15) is 23.2 Å². The summed E-state index contributed by atoms with van der Waals surface area (Å²) in [5, 5.41) is 1.25. The smallest absolute Gasteiger partial charge is 0.416 e. The van der Waals surface area contributed by atoms with Crippen molar-refractivity contribution < 1.29 is 17.9 Å². The fraction of sp³-hybridized carbons (Fsp3) is 0.269. The minimum atomic E-state index is -4.38. The molecule has 4 heterocycles. The van der Waals surface area contributed by atoms with E-state index >= 15 is 0 Å². The van der Waals surface area contributed by atoms with Crippen molar-refractivity contribution in [1.29, 1.82) is 0 Å². The topological polar surface area (TPSA) is 76.9 Å². The molecule has 6 rings (SSSR count). The van der Waals surface area contributed by atoms with E-state index in [1.54, 1.807) is 18.6 Å². The average Bonchev–Trinajstić information content (AvgIpc) is 3.20. The van der Waals surface area contributed by atoms with Crippen LogP contribution >= 0.6 is 23.4 Å². The van der Waals surface area contributed by atoms with Crippen molar-refractivity contribution in [1.82, 2.24) is 24.9 Å². The molecular weight excluding hydrogens is 537 g/mol. The number of halogens is 4. The molecule has 0 radical (unpaired) electrons. The van der Waals surface area contributed by atoms with Crippen LogP contribution in [-0.4, -0.2) is 44.1 Å². The van der Waals surface area contributed by atoms with E-state index in [0.717, 1.165) is 46.1 Å². The number of pyridine rings is 1. The fourth-order valence-electron chi connectivity index (χ4n) is 4.44. The summed E-state index contributed by atoms with van der Waals surface area (Å²) in [5.74, 6) is 1.12. The molecule has 0 spiro atoms. The Hall–Kier alpha value is -3.44. The second-order valence-corrected chi connectivity index (χ2v) is 10.4. The van der Waals surface area contributed by atoms with E-state index in [2.05, 4.69) is 26.8 Å². The number of nitrogens with zero attached hydrogens (tertiary/aromatic N) is 6. The van der Waals surface area contributed by atoms with E-state index in [9.17, 15) is 13.2 Å². The van der Waals surface area contributed by atoms with E-state index < -0.39 is 11.7 Å². The maximum absolute atomic E-state index is 12.8. The molecule has 0 atom stereocenters. The first-order chi connectivity index (χ1) is 18.3. The van der Waals surface area contributed by atoms with Gasteiger partial charge < -0.3 is 9.64 Å². The van der Waals surface area contributed by atoms with Crippen LogP contribution in [0.3, 0.4) is 0 Å². The molecule has 38 heavy (non-hydrogen) atoms. The first-order valence-electron chi connectivity index (χ1n) is 11.9.